The first-order valence-electron chi connectivity index (χ1n) is 8.27. The highest BCUT2D eigenvalue weighted by molar-refractivity contribution is 7.98. The van der Waals surface area contributed by atoms with E-state index in [4.69, 9.17) is 11.6 Å². The highest BCUT2D eigenvalue weighted by Gasteiger charge is 2.32. The third-order valence-corrected chi connectivity index (χ3v) is 5.84. The summed E-state index contributed by atoms with van der Waals surface area (Å²) in [6.45, 7) is 5.89. The molecule has 0 bridgehead atoms. The smallest absolute Gasteiger partial charge is 0.241 e. The highest BCUT2D eigenvalue weighted by atomic mass is 35.5. The quantitative estimate of drug-likeness (QED) is 0.765. The zero-order valence-corrected chi connectivity index (χ0v) is 16.6. The number of nitrogens with zero attached hydrogens (tertiary/aromatic N) is 4. The van der Waals surface area contributed by atoms with Crippen molar-refractivity contribution in [3.05, 3.63) is 40.7 Å². The van der Waals surface area contributed by atoms with Crippen LogP contribution >= 0.6 is 23.4 Å². The van der Waals surface area contributed by atoms with Crippen LogP contribution in [0, 0.1) is 6.92 Å². The first-order valence-corrected chi connectivity index (χ1v) is 9.88. The lowest BCUT2D eigenvalue weighted by Crippen LogP contribution is -2.55. The molecule has 0 saturated carbocycles. The van der Waals surface area contributed by atoms with E-state index in [0.717, 1.165) is 28.4 Å². The van der Waals surface area contributed by atoms with Gasteiger partial charge in [0, 0.05) is 36.6 Å². The van der Waals surface area contributed by atoms with Gasteiger partial charge in [-0.1, -0.05) is 23.7 Å². The Morgan fingerprint density at radius 2 is 2.08 bits per heavy atom. The van der Waals surface area contributed by atoms with E-state index in [1.165, 1.54) is 0 Å². The largest absolute Gasteiger partial charge is 0.306 e. The topological polar surface area (TPSA) is 41.4 Å². The summed E-state index contributed by atoms with van der Waals surface area (Å²) in [6.07, 6.45) is 2.04. The number of para-hydroxylation sites is 1. The molecule has 1 atom stereocenters. The Hall–Kier alpha value is -1.50. The maximum atomic E-state index is 12.9. The Kier molecular flexibility index (Phi) is 5.41. The average Bonchev–Trinajstić information content (AvgIpc) is 2.81. The van der Waals surface area contributed by atoms with E-state index in [-0.39, 0.29) is 11.9 Å². The van der Waals surface area contributed by atoms with Crippen molar-refractivity contribution in [1.82, 2.24) is 14.7 Å². The van der Waals surface area contributed by atoms with E-state index < -0.39 is 0 Å². The van der Waals surface area contributed by atoms with Crippen molar-refractivity contribution in [1.29, 1.82) is 0 Å². The molecule has 0 spiro atoms. The van der Waals surface area contributed by atoms with Gasteiger partial charge in [0.2, 0.25) is 5.91 Å². The molecule has 1 aliphatic heterocycles. The minimum absolute atomic E-state index is 0.102. The molecule has 25 heavy (non-hydrogen) atoms. The number of benzene rings is 1. The second-order valence-corrected chi connectivity index (χ2v) is 7.64. The molecule has 5 nitrogen and oxygen atoms in total. The Bertz CT molecular complexity index is 791. The molecule has 134 valence electrons. The fraction of sp³-hybridized carbons (Fsp3) is 0.444. The van der Waals surface area contributed by atoms with Gasteiger partial charge < -0.3 is 4.90 Å². The summed E-state index contributed by atoms with van der Waals surface area (Å²) in [4.78, 5) is 18.1. The van der Waals surface area contributed by atoms with E-state index >= 15 is 0 Å². The molecular formula is C18H23ClN4OS. The molecular weight excluding hydrogens is 356 g/mol. The van der Waals surface area contributed by atoms with Gasteiger partial charge >= 0.3 is 0 Å². The molecule has 0 aliphatic carbocycles. The summed E-state index contributed by atoms with van der Waals surface area (Å²) in [5.41, 5.74) is 2.92. The lowest BCUT2D eigenvalue weighted by atomic mass is 10.1. The van der Waals surface area contributed by atoms with Gasteiger partial charge in [0.25, 0.3) is 0 Å². The molecule has 7 heteroatoms. The summed E-state index contributed by atoms with van der Waals surface area (Å²) in [7, 11) is 1.84. The number of anilines is 1. The Morgan fingerprint density at radius 1 is 1.36 bits per heavy atom. The number of carbonyl (C=O) groups excluding carboxylic acids is 1. The molecule has 1 saturated heterocycles. The van der Waals surface area contributed by atoms with E-state index in [2.05, 4.69) is 23.0 Å². The van der Waals surface area contributed by atoms with Crippen LogP contribution in [0.2, 0.25) is 5.15 Å². The SMILES string of the molecule is CSc1ccccc1N1C(=O)CN(Cc2c(C)nn(C)c2Cl)C[C@H]1C. The third kappa shape index (κ3) is 3.57. The lowest BCUT2D eigenvalue weighted by molar-refractivity contribution is -0.122. The van der Waals surface area contributed by atoms with Crippen molar-refractivity contribution in [3.63, 3.8) is 0 Å². The van der Waals surface area contributed by atoms with E-state index in [0.29, 0.717) is 18.2 Å². The number of halogens is 1. The summed E-state index contributed by atoms with van der Waals surface area (Å²) in [6, 6.07) is 8.18. The predicted molar refractivity (Wildman–Crippen MR) is 103 cm³/mol. The van der Waals surface area contributed by atoms with Gasteiger partial charge in [0.05, 0.1) is 17.9 Å². The van der Waals surface area contributed by atoms with Crippen molar-refractivity contribution < 1.29 is 4.79 Å². The van der Waals surface area contributed by atoms with Crippen LogP contribution in [0.4, 0.5) is 5.69 Å². The Balaban J connectivity index is 1.79. The maximum absolute atomic E-state index is 12.9. The Labute approximate surface area is 157 Å². The second kappa shape index (κ2) is 7.40. The maximum Gasteiger partial charge on any atom is 0.241 e. The number of rotatable bonds is 4. The average molecular weight is 379 g/mol. The molecule has 2 aromatic rings. The monoisotopic (exact) mass is 378 g/mol. The standard InChI is InChI=1S/C18H23ClN4OS/c1-12-9-22(10-14-13(2)20-21(3)18(14)19)11-17(24)23(12)15-7-5-6-8-16(15)25-4/h5-8,12H,9-11H2,1-4H3/t12-/m1/s1. The first-order chi connectivity index (χ1) is 11.9. The number of hydrogen-bond donors (Lipinski definition) is 0. The van der Waals surface area contributed by atoms with Crippen molar-refractivity contribution in [3.8, 4) is 0 Å². The van der Waals surface area contributed by atoms with Gasteiger partial charge in [-0.3, -0.25) is 14.4 Å². The normalized spacial score (nSPS) is 18.8. The number of aryl methyl sites for hydroxylation is 2. The molecule has 1 amide bonds. The van der Waals surface area contributed by atoms with Crippen LogP contribution in [0.1, 0.15) is 18.2 Å². The number of carbonyl (C=O) groups is 1. The molecule has 0 N–H and O–H groups in total. The van der Waals surface area contributed by atoms with E-state index in [1.54, 1.807) is 16.4 Å². The zero-order chi connectivity index (χ0) is 18.1. The molecule has 1 fully saturated rings. The second-order valence-electron chi connectivity index (χ2n) is 6.43. The number of aromatic nitrogens is 2. The van der Waals surface area contributed by atoms with E-state index in [9.17, 15) is 4.79 Å². The number of amides is 1. The Morgan fingerprint density at radius 3 is 2.68 bits per heavy atom. The number of piperazine rings is 1. The van der Waals surface area contributed by atoms with Crippen molar-refractivity contribution in [2.45, 2.75) is 31.3 Å². The summed E-state index contributed by atoms with van der Waals surface area (Å²) in [5.74, 6) is 0.123. The predicted octanol–water partition coefficient (Wildman–Crippen LogP) is 3.34. The summed E-state index contributed by atoms with van der Waals surface area (Å²) < 4.78 is 1.68. The van der Waals surface area contributed by atoms with Gasteiger partial charge in [0.15, 0.2) is 0 Å². The molecule has 1 aromatic heterocycles. The minimum Gasteiger partial charge on any atom is -0.306 e. The zero-order valence-electron chi connectivity index (χ0n) is 15.0. The highest BCUT2D eigenvalue weighted by Crippen LogP contribution is 2.32. The number of thioether (sulfide) groups is 1. The first kappa shape index (κ1) is 18.3. The van der Waals surface area contributed by atoms with Crippen molar-refractivity contribution >= 4 is 35.0 Å². The van der Waals surface area contributed by atoms with Crippen molar-refractivity contribution in [2.75, 3.05) is 24.2 Å². The van der Waals surface area contributed by atoms with Crippen molar-refractivity contribution in [2.24, 2.45) is 7.05 Å². The van der Waals surface area contributed by atoms with Gasteiger partial charge in [-0.05, 0) is 32.2 Å². The molecule has 1 aliphatic rings. The van der Waals surface area contributed by atoms with Gasteiger partial charge in [0.1, 0.15) is 5.15 Å². The third-order valence-electron chi connectivity index (χ3n) is 4.59. The molecule has 0 radical (unpaired) electrons. The van der Waals surface area contributed by atoms with Gasteiger partial charge in [-0.25, -0.2) is 0 Å². The van der Waals surface area contributed by atoms with Crippen LogP contribution in [0.25, 0.3) is 0 Å². The molecule has 3 rings (SSSR count). The van der Waals surface area contributed by atoms with Crippen LogP contribution < -0.4 is 4.90 Å². The van der Waals surface area contributed by atoms with Crippen LogP contribution in [-0.2, 0) is 18.4 Å². The molecule has 0 unspecified atom stereocenters. The summed E-state index contributed by atoms with van der Waals surface area (Å²) in [5, 5.41) is 5.01. The lowest BCUT2D eigenvalue weighted by Gasteiger charge is -2.40. The van der Waals surface area contributed by atoms with Crippen LogP contribution in [0.15, 0.2) is 29.2 Å². The van der Waals surface area contributed by atoms with Crippen LogP contribution in [0.5, 0.6) is 0 Å². The van der Waals surface area contributed by atoms with Crippen LogP contribution in [-0.4, -0.2) is 46.0 Å². The summed E-state index contributed by atoms with van der Waals surface area (Å²) >= 11 is 8.01. The minimum atomic E-state index is 0.102. The van der Waals surface area contributed by atoms with E-state index in [1.807, 2.05) is 43.3 Å². The fourth-order valence-electron chi connectivity index (χ4n) is 3.43. The van der Waals surface area contributed by atoms with Gasteiger partial charge in [-0.15, -0.1) is 11.8 Å². The molecule has 1 aromatic carbocycles. The van der Waals surface area contributed by atoms with Crippen LogP contribution in [0.3, 0.4) is 0 Å². The van der Waals surface area contributed by atoms with Gasteiger partial charge in [-0.2, -0.15) is 5.10 Å². The number of hydrogen-bond acceptors (Lipinski definition) is 4. The molecule has 2 heterocycles. The fourth-order valence-corrected chi connectivity index (χ4v) is 4.26.